The molecule has 0 radical (unpaired) electrons. The molecule has 2 rings (SSSR count). The molecule has 2 aromatic rings. The molecular formula is C16H17NO3. The number of rotatable bonds is 5. The van der Waals surface area contributed by atoms with E-state index >= 15 is 0 Å². The zero-order valence-corrected chi connectivity index (χ0v) is 11.8. The lowest BCUT2D eigenvalue weighted by molar-refractivity contribution is 0.103. The second-order valence-electron chi connectivity index (χ2n) is 4.32. The number of nitrogens with zero attached hydrogens (tertiary/aromatic N) is 1. The molecule has 0 saturated carbocycles. The third-order valence-corrected chi connectivity index (χ3v) is 3.14. The fourth-order valence-electron chi connectivity index (χ4n) is 2.02. The third-order valence-electron chi connectivity index (χ3n) is 3.14. The van der Waals surface area contributed by atoms with Gasteiger partial charge in [-0.1, -0.05) is 6.92 Å². The molecule has 0 aliphatic rings. The Labute approximate surface area is 118 Å². The van der Waals surface area contributed by atoms with Crippen molar-refractivity contribution in [3.05, 3.63) is 53.3 Å². The average Bonchev–Trinajstić information content (AvgIpc) is 2.53. The first kappa shape index (κ1) is 14.1. The molecule has 0 amide bonds. The number of ether oxygens (including phenoxy) is 2. The maximum absolute atomic E-state index is 12.6. The van der Waals surface area contributed by atoms with E-state index in [0.717, 1.165) is 12.0 Å². The van der Waals surface area contributed by atoms with Gasteiger partial charge in [-0.3, -0.25) is 9.78 Å². The van der Waals surface area contributed by atoms with Crippen LogP contribution in [0.25, 0.3) is 0 Å². The molecule has 4 nitrogen and oxygen atoms in total. The topological polar surface area (TPSA) is 48.4 Å². The lowest BCUT2D eigenvalue weighted by Gasteiger charge is -2.09. The van der Waals surface area contributed by atoms with E-state index in [0.29, 0.717) is 22.6 Å². The van der Waals surface area contributed by atoms with Gasteiger partial charge in [-0.15, -0.1) is 0 Å². The molecule has 4 heteroatoms. The van der Waals surface area contributed by atoms with Crippen LogP contribution < -0.4 is 9.47 Å². The fraction of sp³-hybridized carbons (Fsp3) is 0.250. The summed E-state index contributed by atoms with van der Waals surface area (Å²) in [5.41, 5.74) is 2.14. The Kier molecular flexibility index (Phi) is 4.35. The molecule has 0 spiro atoms. The van der Waals surface area contributed by atoms with Gasteiger partial charge in [0.25, 0.3) is 0 Å². The van der Waals surface area contributed by atoms with Crippen molar-refractivity contribution in [2.24, 2.45) is 0 Å². The predicted molar refractivity (Wildman–Crippen MR) is 76.6 cm³/mol. The smallest absolute Gasteiger partial charge is 0.193 e. The van der Waals surface area contributed by atoms with Crippen molar-refractivity contribution in [1.82, 2.24) is 4.98 Å². The Bertz CT molecular complexity index is 601. The van der Waals surface area contributed by atoms with E-state index in [9.17, 15) is 4.79 Å². The molecule has 0 saturated heterocycles. The molecule has 1 aromatic heterocycles. The SMILES string of the molecule is CCc1cnccc1C(=O)c1cc(OC)cc(OC)c1. The summed E-state index contributed by atoms with van der Waals surface area (Å²) in [7, 11) is 3.12. The predicted octanol–water partition coefficient (Wildman–Crippen LogP) is 2.89. The number of carbonyl (C=O) groups excluding carboxylic acids is 1. The van der Waals surface area contributed by atoms with Crippen molar-refractivity contribution in [1.29, 1.82) is 0 Å². The van der Waals surface area contributed by atoms with E-state index < -0.39 is 0 Å². The van der Waals surface area contributed by atoms with Crippen LogP contribution in [0.15, 0.2) is 36.7 Å². The van der Waals surface area contributed by atoms with E-state index in [-0.39, 0.29) is 5.78 Å². The minimum absolute atomic E-state index is 0.0542. The Hall–Kier alpha value is -2.36. The quantitative estimate of drug-likeness (QED) is 0.785. The number of hydrogen-bond acceptors (Lipinski definition) is 4. The van der Waals surface area contributed by atoms with Crippen molar-refractivity contribution in [3.63, 3.8) is 0 Å². The summed E-state index contributed by atoms with van der Waals surface area (Å²) >= 11 is 0. The number of methoxy groups -OCH3 is 2. The van der Waals surface area contributed by atoms with Crippen LogP contribution in [0.3, 0.4) is 0 Å². The molecule has 0 bridgehead atoms. The molecule has 0 N–H and O–H groups in total. The van der Waals surface area contributed by atoms with Gasteiger partial charge in [0.1, 0.15) is 11.5 Å². The molecule has 20 heavy (non-hydrogen) atoms. The van der Waals surface area contributed by atoms with Gasteiger partial charge in [0.05, 0.1) is 14.2 Å². The summed E-state index contributed by atoms with van der Waals surface area (Å²) in [5.74, 6) is 1.14. The Morgan fingerprint density at radius 1 is 1.15 bits per heavy atom. The molecule has 1 aromatic carbocycles. The molecule has 0 atom stereocenters. The number of pyridine rings is 1. The maximum Gasteiger partial charge on any atom is 0.193 e. The summed E-state index contributed by atoms with van der Waals surface area (Å²) in [6.45, 7) is 2.00. The van der Waals surface area contributed by atoms with Crippen LogP contribution in [0.2, 0.25) is 0 Å². The summed E-state index contributed by atoms with van der Waals surface area (Å²) in [5, 5.41) is 0. The lowest BCUT2D eigenvalue weighted by atomic mass is 9.98. The van der Waals surface area contributed by atoms with Crippen LogP contribution in [-0.2, 0) is 6.42 Å². The minimum Gasteiger partial charge on any atom is -0.497 e. The molecule has 0 unspecified atom stereocenters. The second-order valence-corrected chi connectivity index (χ2v) is 4.32. The molecule has 0 aliphatic carbocycles. The largest absolute Gasteiger partial charge is 0.497 e. The van der Waals surface area contributed by atoms with Crippen molar-refractivity contribution in [3.8, 4) is 11.5 Å². The van der Waals surface area contributed by atoms with Crippen molar-refractivity contribution in [2.45, 2.75) is 13.3 Å². The molecular weight excluding hydrogens is 254 g/mol. The van der Waals surface area contributed by atoms with Crippen LogP contribution >= 0.6 is 0 Å². The van der Waals surface area contributed by atoms with Gasteiger partial charge in [0, 0.05) is 29.6 Å². The van der Waals surface area contributed by atoms with Gasteiger partial charge in [-0.25, -0.2) is 0 Å². The molecule has 1 heterocycles. The summed E-state index contributed by atoms with van der Waals surface area (Å²) in [6.07, 6.45) is 4.12. The summed E-state index contributed by atoms with van der Waals surface area (Å²) in [6, 6.07) is 6.91. The number of aryl methyl sites for hydroxylation is 1. The van der Waals surface area contributed by atoms with E-state index in [1.807, 2.05) is 6.92 Å². The number of carbonyl (C=O) groups is 1. The molecule has 0 aliphatic heterocycles. The zero-order valence-electron chi connectivity index (χ0n) is 11.8. The molecule has 104 valence electrons. The van der Waals surface area contributed by atoms with Crippen LogP contribution in [0.4, 0.5) is 0 Å². The first-order valence-corrected chi connectivity index (χ1v) is 6.40. The van der Waals surface area contributed by atoms with Crippen LogP contribution in [-0.4, -0.2) is 25.0 Å². The fourth-order valence-corrected chi connectivity index (χ4v) is 2.02. The Balaban J connectivity index is 2.47. The van der Waals surface area contributed by atoms with Crippen LogP contribution in [0, 0.1) is 0 Å². The van der Waals surface area contributed by atoms with Crippen molar-refractivity contribution in [2.75, 3.05) is 14.2 Å². The number of aromatic nitrogens is 1. The second kappa shape index (κ2) is 6.19. The van der Waals surface area contributed by atoms with Gasteiger partial charge in [-0.05, 0) is 30.2 Å². The third kappa shape index (κ3) is 2.79. The minimum atomic E-state index is -0.0542. The maximum atomic E-state index is 12.6. The van der Waals surface area contributed by atoms with E-state index in [2.05, 4.69) is 4.98 Å². The van der Waals surface area contributed by atoms with Crippen molar-refractivity contribution < 1.29 is 14.3 Å². The van der Waals surface area contributed by atoms with Crippen LogP contribution in [0.1, 0.15) is 28.4 Å². The highest BCUT2D eigenvalue weighted by Gasteiger charge is 2.15. The first-order valence-electron chi connectivity index (χ1n) is 6.40. The van der Waals surface area contributed by atoms with E-state index in [1.165, 1.54) is 0 Å². The molecule has 0 fully saturated rings. The highest BCUT2D eigenvalue weighted by molar-refractivity contribution is 6.10. The standard InChI is InChI=1S/C16H17NO3/c1-4-11-10-17-6-5-15(11)16(18)12-7-13(19-2)9-14(8-12)20-3/h5-10H,4H2,1-3H3. The monoisotopic (exact) mass is 271 g/mol. The van der Waals surface area contributed by atoms with Gasteiger partial charge in [-0.2, -0.15) is 0 Å². The Morgan fingerprint density at radius 2 is 1.80 bits per heavy atom. The van der Waals surface area contributed by atoms with E-state index in [4.69, 9.17) is 9.47 Å². The van der Waals surface area contributed by atoms with Crippen molar-refractivity contribution >= 4 is 5.78 Å². The number of benzene rings is 1. The van der Waals surface area contributed by atoms with Gasteiger partial charge >= 0.3 is 0 Å². The number of hydrogen-bond donors (Lipinski definition) is 0. The highest BCUT2D eigenvalue weighted by atomic mass is 16.5. The van der Waals surface area contributed by atoms with Gasteiger partial charge < -0.3 is 9.47 Å². The van der Waals surface area contributed by atoms with Gasteiger partial charge in [0.15, 0.2) is 5.78 Å². The summed E-state index contributed by atoms with van der Waals surface area (Å²) < 4.78 is 10.4. The van der Waals surface area contributed by atoms with Gasteiger partial charge in [0.2, 0.25) is 0 Å². The normalized spacial score (nSPS) is 10.2. The average molecular weight is 271 g/mol. The highest BCUT2D eigenvalue weighted by Crippen LogP contribution is 2.25. The van der Waals surface area contributed by atoms with Crippen LogP contribution in [0.5, 0.6) is 11.5 Å². The zero-order chi connectivity index (χ0) is 14.5. The first-order chi connectivity index (χ1) is 9.69. The lowest BCUT2D eigenvalue weighted by Crippen LogP contribution is -2.06. The van der Waals surface area contributed by atoms with E-state index in [1.54, 1.807) is 50.9 Å². The summed E-state index contributed by atoms with van der Waals surface area (Å²) in [4.78, 5) is 16.7. The Morgan fingerprint density at radius 3 is 2.35 bits per heavy atom. The number of ketones is 1.